The third-order valence-electron chi connectivity index (χ3n) is 11.8. The number of methoxy groups -OCH3 is 1. The number of carbonyl (C=O) groups excluding carboxylic acids is 6. The first-order valence-corrected chi connectivity index (χ1v) is 20.2. The van der Waals surface area contributed by atoms with Crippen LogP contribution in [0, 0.1) is 13.8 Å². The Bertz CT molecular complexity index is 2360. The number of aromatic hydroxyl groups is 2. The van der Waals surface area contributed by atoms with Crippen LogP contribution >= 0.6 is 0 Å². The maximum atomic E-state index is 14.0. The molecule has 1 fully saturated rings. The van der Waals surface area contributed by atoms with Crippen LogP contribution in [0.5, 0.6) is 23.0 Å². The Morgan fingerprint density at radius 1 is 0.984 bits per heavy atom. The van der Waals surface area contributed by atoms with Gasteiger partial charge in [0.05, 0.1) is 48.5 Å². The second-order valence-electron chi connectivity index (χ2n) is 16.9. The number of nitrogens with one attached hydrogen (secondary N) is 2. The molecule has 6 rings (SSSR count). The summed E-state index contributed by atoms with van der Waals surface area (Å²) in [5.41, 5.74) is -2.47. The second-order valence-corrected chi connectivity index (χ2v) is 16.9. The summed E-state index contributed by atoms with van der Waals surface area (Å²) in [4.78, 5) is 78.8. The topological polar surface area (TPSA) is 265 Å². The number of Topliss-reactive ketones (excluding diaryl/α,β-unsaturated/α-hetero) is 1. The Kier molecular flexibility index (Phi) is 13.0. The van der Waals surface area contributed by atoms with Gasteiger partial charge < -0.3 is 55.1 Å². The zero-order chi connectivity index (χ0) is 45.6. The number of hydrogen-bond donors (Lipinski definition) is 7. The summed E-state index contributed by atoms with van der Waals surface area (Å²) >= 11 is 0. The number of rotatable bonds is 13. The van der Waals surface area contributed by atoms with Gasteiger partial charge in [-0.2, -0.15) is 0 Å². The number of ketones is 3. The van der Waals surface area contributed by atoms with Crippen LogP contribution in [0.3, 0.4) is 0 Å². The predicted molar refractivity (Wildman–Crippen MR) is 218 cm³/mol. The van der Waals surface area contributed by atoms with Gasteiger partial charge in [0.15, 0.2) is 17.9 Å². The van der Waals surface area contributed by atoms with E-state index in [1.54, 1.807) is 26.8 Å². The summed E-state index contributed by atoms with van der Waals surface area (Å²) in [7, 11) is 1.31. The fraction of sp³-hybridized carbons (Fsp3) is 0.467. The minimum absolute atomic E-state index is 0.0531. The Balaban J connectivity index is 1.25. The molecule has 3 aromatic carbocycles. The number of hydrogen-bond acceptors (Lipinski definition) is 15. The molecule has 6 atom stereocenters. The Hall–Kier alpha value is -5.72. The van der Waals surface area contributed by atoms with E-state index < -0.39 is 119 Å². The maximum Gasteiger partial charge on any atom is 0.312 e. The van der Waals surface area contributed by atoms with Crippen molar-refractivity contribution in [2.24, 2.45) is 0 Å². The van der Waals surface area contributed by atoms with Crippen LogP contribution in [0.4, 0.5) is 0 Å². The van der Waals surface area contributed by atoms with Crippen LogP contribution in [-0.2, 0) is 40.5 Å². The lowest BCUT2D eigenvalue weighted by Gasteiger charge is -2.43. The highest BCUT2D eigenvalue weighted by atomic mass is 16.7. The van der Waals surface area contributed by atoms with Crippen molar-refractivity contribution < 1.29 is 73.2 Å². The molecule has 17 heteroatoms. The van der Waals surface area contributed by atoms with Crippen LogP contribution in [-0.4, -0.2) is 111 Å². The monoisotopic (exact) mass is 860 g/mol. The molecule has 0 spiro atoms. The number of benzene rings is 3. The Morgan fingerprint density at radius 2 is 1.68 bits per heavy atom. The number of aliphatic hydroxyl groups is 3. The highest BCUT2D eigenvalue weighted by molar-refractivity contribution is 6.31. The number of ether oxygens (including phenoxy) is 4. The molecule has 1 aliphatic heterocycles. The number of aliphatic hydroxyl groups excluding tert-OH is 2. The van der Waals surface area contributed by atoms with Crippen LogP contribution in [0.15, 0.2) is 30.3 Å². The molecule has 3 aliphatic rings. The Labute approximate surface area is 357 Å². The number of amides is 2. The Morgan fingerprint density at radius 3 is 2.34 bits per heavy atom. The molecule has 0 saturated carbocycles. The molecule has 0 radical (unpaired) electrons. The van der Waals surface area contributed by atoms with Crippen molar-refractivity contribution in [2.45, 2.75) is 115 Å². The molecular weight excluding hydrogens is 808 g/mol. The third kappa shape index (κ3) is 8.67. The number of phenolic OH excluding ortho intramolecular Hbond substituents is 2. The van der Waals surface area contributed by atoms with Gasteiger partial charge >= 0.3 is 5.97 Å². The van der Waals surface area contributed by atoms with Crippen LogP contribution < -0.4 is 20.1 Å². The van der Waals surface area contributed by atoms with Gasteiger partial charge in [0.1, 0.15) is 41.3 Å². The summed E-state index contributed by atoms with van der Waals surface area (Å²) in [6.07, 6.45) is -6.29. The van der Waals surface area contributed by atoms with Gasteiger partial charge in [-0.25, -0.2) is 0 Å². The SMILES string of the molecule is COc1cccc2c1C(=O)c1c(O)c3c(c(O)c1C2=O)C[C@@](O)(C(C)=O)C[C@@H]3O[C@H]1C[C@H](NC(=O)CC(C)(C)c2c(C)cc(C)cc2OC(=O)CCNC(=O)CO)[C@H](O)[C@H](C)O1. The van der Waals surface area contributed by atoms with Gasteiger partial charge in [-0.3, -0.25) is 28.8 Å². The first-order valence-electron chi connectivity index (χ1n) is 20.2. The average Bonchev–Trinajstić information content (AvgIpc) is 3.18. The van der Waals surface area contributed by atoms with Crippen molar-refractivity contribution in [1.29, 1.82) is 0 Å². The highest BCUT2D eigenvalue weighted by Crippen LogP contribution is 2.52. The zero-order valence-electron chi connectivity index (χ0n) is 35.5. The number of aryl methyl sites for hydroxylation is 2. The molecule has 62 heavy (non-hydrogen) atoms. The van der Waals surface area contributed by atoms with Gasteiger partial charge in [0.2, 0.25) is 17.6 Å². The second kappa shape index (κ2) is 17.6. The van der Waals surface area contributed by atoms with E-state index in [0.717, 1.165) is 18.1 Å². The van der Waals surface area contributed by atoms with Gasteiger partial charge in [-0.1, -0.05) is 32.0 Å². The van der Waals surface area contributed by atoms with Gasteiger partial charge in [-0.05, 0) is 51.0 Å². The lowest BCUT2D eigenvalue weighted by Crippen LogP contribution is -2.56. The largest absolute Gasteiger partial charge is 0.507 e. The van der Waals surface area contributed by atoms with Crippen molar-refractivity contribution in [3.8, 4) is 23.0 Å². The molecule has 332 valence electrons. The highest BCUT2D eigenvalue weighted by Gasteiger charge is 2.50. The first kappa shape index (κ1) is 45.8. The maximum absolute atomic E-state index is 14.0. The van der Waals surface area contributed by atoms with Gasteiger partial charge in [-0.15, -0.1) is 0 Å². The average molecular weight is 861 g/mol. The number of fused-ring (bicyclic) bond motifs is 3. The fourth-order valence-electron chi connectivity index (χ4n) is 8.92. The molecule has 17 nitrogen and oxygen atoms in total. The van der Waals surface area contributed by atoms with E-state index >= 15 is 0 Å². The summed E-state index contributed by atoms with van der Waals surface area (Å²) in [6, 6.07) is 6.94. The van der Waals surface area contributed by atoms with E-state index in [1.165, 1.54) is 25.3 Å². The van der Waals surface area contributed by atoms with E-state index in [4.69, 9.17) is 24.1 Å². The predicted octanol–water partition coefficient (Wildman–Crippen LogP) is 2.58. The van der Waals surface area contributed by atoms with Crippen LogP contribution in [0.2, 0.25) is 0 Å². The van der Waals surface area contributed by atoms with Crippen LogP contribution in [0.1, 0.15) is 119 Å². The quantitative estimate of drug-likeness (QED) is 0.0579. The standard InChI is InChI=1S/C45H52N2O15/c1-20-13-21(2)38(28(14-20)61-32(52)11-12-46-31(51)19-48)44(5,6)18-30(50)47-26-15-33(60-22(3)39(26)53)62-29-17-45(58,23(4)49)16-25-35(29)43(57)37-36(41(25)55)40(54)24-9-8-10-27(59-7)34(24)42(37)56/h8-10,13-14,22,26,29,33,39,48,53,55,57-58H,11-12,15-19H2,1-7H3,(H,46,51)(H,47,50)/t22-,26-,29-,33-,39+,45-/m0/s1. The van der Waals surface area contributed by atoms with Crippen molar-refractivity contribution in [2.75, 3.05) is 20.3 Å². The van der Waals surface area contributed by atoms with E-state index in [-0.39, 0.29) is 59.6 Å². The van der Waals surface area contributed by atoms with Crippen molar-refractivity contribution in [3.63, 3.8) is 0 Å². The van der Waals surface area contributed by atoms with Gasteiger partial charge in [0.25, 0.3) is 0 Å². The molecular formula is C45H52N2O15. The van der Waals surface area contributed by atoms with E-state index in [1.807, 2.05) is 19.9 Å². The molecule has 0 unspecified atom stereocenters. The molecule has 3 aromatic rings. The van der Waals surface area contributed by atoms with Crippen molar-refractivity contribution in [3.05, 3.63) is 80.4 Å². The fourth-order valence-corrected chi connectivity index (χ4v) is 8.92. The minimum Gasteiger partial charge on any atom is -0.507 e. The van der Waals surface area contributed by atoms with E-state index in [0.29, 0.717) is 5.56 Å². The summed E-state index contributed by atoms with van der Waals surface area (Å²) < 4.78 is 23.4. The van der Waals surface area contributed by atoms with Crippen molar-refractivity contribution >= 4 is 35.1 Å². The molecule has 2 aliphatic carbocycles. The number of carbonyl (C=O) groups is 6. The van der Waals surface area contributed by atoms with E-state index in [2.05, 4.69) is 10.6 Å². The summed E-state index contributed by atoms with van der Waals surface area (Å²) in [5, 5.41) is 60.6. The molecule has 1 heterocycles. The lowest BCUT2D eigenvalue weighted by atomic mass is 9.72. The molecule has 0 aromatic heterocycles. The van der Waals surface area contributed by atoms with Crippen molar-refractivity contribution in [1.82, 2.24) is 10.6 Å². The normalized spacial score (nSPS) is 23.1. The zero-order valence-corrected chi connectivity index (χ0v) is 35.5. The van der Waals surface area contributed by atoms with Crippen LogP contribution in [0.25, 0.3) is 0 Å². The minimum atomic E-state index is -2.14. The van der Waals surface area contributed by atoms with E-state index in [9.17, 15) is 49.2 Å². The summed E-state index contributed by atoms with van der Waals surface area (Å²) in [5.74, 6) is -5.15. The lowest BCUT2D eigenvalue weighted by molar-refractivity contribution is -0.249. The molecule has 2 amide bonds. The van der Waals surface area contributed by atoms with Gasteiger partial charge in [0, 0.05) is 59.9 Å². The first-order chi connectivity index (χ1) is 29.1. The number of phenols is 2. The molecule has 1 saturated heterocycles. The third-order valence-corrected chi connectivity index (χ3v) is 11.8. The number of esters is 1. The molecule has 7 N–H and O–H groups in total. The smallest absolute Gasteiger partial charge is 0.312 e. The summed E-state index contributed by atoms with van der Waals surface area (Å²) in [6.45, 7) is 9.15. The molecule has 0 bridgehead atoms.